The third-order valence-corrected chi connectivity index (χ3v) is 5.17. The van der Waals surface area contributed by atoms with E-state index in [9.17, 15) is 4.79 Å². The smallest absolute Gasteiger partial charge is 0.238 e. The third kappa shape index (κ3) is 4.62. The molecule has 0 radical (unpaired) electrons. The highest BCUT2D eigenvalue weighted by molar-refractivity contribution is 5.92. The van der Waals surface area contributed by atoms with Gasteiger partial charge in [0.2, 0.25) is 11.8 Å². The van der Waals surface area contributed by atoms with Gasteiger partial charge in [0.25, 0.3) is 0 Å². The molecule has 2 aromatic heterocycles. The molecular formula is C22H25N5O2. The molecule has 1 N–H and O–H groups in total. The number of nitrogens with one attached hydrogen (secondary N) is 1. The first-order valence-electron chi connectivity index (χ1n) is 10.0. The summed E-state index contributed by atoms with van der Waals surface area (Å²) in [6, 6.07) is 12.9. The van der Waals surface area contributed by atoms with Crippen LogP contribution in [-0.2, 0) is 4.79 Å². The fourth-order valence-electron chi connectivity index (χ4n) is 3.68. The molecule has 29 heavy (non-hydrogen) atoms. The van der Waals surface area contributed by atoms with Gasteiger partial charge in [-0.15, -0.1) is 10.2 Å². The van der Waals surface area contributed by atoms with Crippen molar-refractivity contribution in [3.8, 4) is 17.4 Å². The van der Waals surface area contributed by atoms with E-state index in [1.165, 1.54) is 6.42 Å². The number of amides is 1. The number of anilines is 1. The fourth-order valence-corrected chi connectivity index (χ4v) is 3.68. The van der Waals surface area contributed by atoms with Crippen molar-refractivity contribution in [3.63, 3.8) is 0 Å². The monoisotopic (exact) mass is 391 g/mol. The van der Waals surface area contributed by atoms with E-state index in [1.807, 2.05) is 50.2 Å². The molecule has 0 unspecified atom stereocenters. The molecule has 1 amide bonds. The van der Waals surface area contributed by atoms with Crippen LogP contribution >= 0.6 is 0 Å². The van der Waals surface area contributed by atoms with Gasteiger partial charge in [-0.05, 0) is 63.1 Å². The zero-order valence-corrected chi connectivity index (χ0v) is 16.8. The number of ether oxygens (including phenoxy) is 1. The van der Waals surface area contributed by atoms with E-state index in [2.05, 4.69) is 20.6 Å². The van der Waals surface area contributed by atoms with Gasteiger partial charge in [-0.3, -0.25) is 4.79 Å². The lowest BCUT2D eigenvalue weighted by molar-refractivity contribution is -0.120. The first-order valence-corrected chi connectivity index (χ1v) is 10.0. The Morgan fingerprint density at radius 1 is 1.03 bits per heavy atom. The Hall–Kier alpha value is -3.22. The van der Waals surface area contributed by atoms with Crippen molar-refractivity contribution < 1.29 is 9.53 Å². The molecule has 0 bridgehead atoms. The summed E-state index contributed by atoms with van der Waals surface area (Å²) in [6.07, 6.45) is 5.49. The second kappa shape index (κ2) is 8.43. The van der Waals surface area contributed by atoms with Crippen LogP contribution in [0.5, 0.6) is 11.6 Å². The minimum Gasteiger partial charge on any atom is -0.438 e. The van der Waals surface area contributed by atoms with Crippen molar-refractivity contribution in [2.75, 3.05) is 5.32 Å². The molecule has 2 heterocycles. The molecule has 7 heteroatoms. The van der Waals surface area contributed by atoms with Crippen LogP contribution in [0, 0.1) is 19.8 Å². The van der Waals surface area contributed by atoms with Crippen LogP contribution in [0.3, 0.4) is 0 Å². The van der Waals surface area contributed by atoms with Gasteiger partial charge in [0, 0.05) is 23.4 Å². The average Bonchev–Trinajstić information content (AvgIpc) is 3.08. The molecule has 0 spiro atoms. The predicted molar refractivity (Wildman–Crippen MR) is 110 cm³/mol. The van der Waals surface area contributed by atoms with E-state index in [0.717, 1.165) is 42.8 Å². The van der Waals surface area contributed by atoms with Gasteiger partial charge >= 0.3 is 0 Å². The van der Waals surface area contributed by atoms with Gasteiger partial charge < -0.3 is 10.1 Å². The first kappa shape index (κ1) is 19.1. The number of aromatic nitrogens is 4. The SMILES string of the molecule is Cc1cc(C)n(-c2ccc(Oc3ccc(NC(=O)C4CCCCC4)cc3)nn2)n1. The summed E-state index contributed by atoms with van der Waals surface area (Å²) in [4.78, 5) is 12.4. The van der Waals surface area contributed by atoms with Crippen molar-refractivity contribution in [1.82, 2.24) is 20.0 Å². The molecule has 1 aliphatic rings. The second-order valence-corrected chi connectivity index (χ2v) is 7.52. The number of aryl methyl sites for hydroxylation is 2. The van der Waals surface area contributed by atoms with Gasteiger partial charge in [0.1, 0.15) is 5.75 Å². The van der Waals surface area contributed by atoms with Crippen molar-refractivity contribution in [2.45, 2.75) is 46.0 Å². The molecular weight excluding hydrogens is 366 g/mol. The number of rotatable bonds is 5. The van der Waals surface area contributed by atoms with E-state index in [-0.39, 0.29) is 11.8 Å². The van der Waals surface area contributed by atoms with Gasteiger partial charge in [-0.2, -0.15) is 5.10 Å². The molecule has 1 fully saturated rings. The van der Waals surface area contributed by atoms with Crippen molar-refractivity contribution >= 4 is 11.6 Å². The summed E-state index contributed by atoms with van der Waals surface area (Å²) in [5, 5.41) is 15.7. The lowest BCUT2D eigenvalue weighted by atomic mass is 9.88. The lowest BCUT2D eigenvalue weighted by Crippen LogP contribution is -2.24. The second-order valence-electron chi connectivity index (χ2n) is 7.52. The quantitative estimate of drug-likeness (QED) is 0.688. The van der Waals surface area contributed by atoms with E-state index >= 15 is 0 Å². The molecule has 0 aliphatic heterocycles. The molecule has 4 rings (SSSR count). The normalized spacial score (nSPS) is 14.6. The maximum Gasteiger partial charge on any atom is 0.238 e. The minimum atomic E-state index is 0.115. The Morgan fingerprint density at radius 3 is 2.41 bits per heavy atom. The number of carbonyl (C=O) groups is 1. The Labute approximate surface area is 170 Å². The summed E-state index contributed by atoms with van der Waals surface area (Å²) in [6.45, 7) is 3.91. The van der Waals surface area contributed by atoms with Crippen LogP contribution in [0.1, 0.15) is 43.5 Å². The molecule has 3 aromatic rings. The van der Waals surface area contributed by atoms with Crippen LogP contribution in [0.4, 0.5) is 5.69 Å². The van der Waals surface area contributed by atoms with Crippen molar-refractivity contribution in [1.29, 1.82) is 0 Å². The highest BCUT2D eigenvalue weighted by Crippen LogP contribution is 2.26. The van der Waals surface area contributed by atoms with E-state index in [1.54, 1.807) is 10.7 Å². The topological polar surface area (TPSA) is 81.9 Å². The molecule has 1 aromatic carbocycles. The van der Waals surface area contributed by atoms with Crippen LogP contribution in [-0.4, -0.2) is 25.9 Å². The molecule has 7 nitrogen and oxygen atoms in total. The van der Waals surface area contributed by atoms with Gasteiger partial charge in [-0.25, -0.2) is 4.68 Å². The first-order chi connectivity index (χ1) is 14.1. The molecule has 150 valence electrons. The fraction of sp³-hybridized carbons (Fsp3) is 0.364. The van der Waals surface area contributed by atoms with E-state index in [0.29, 0.717) is 17.4 Å². The van der Waals surface area contributed by atoms with E-state index < -0.39 is 0 Å². The Balaban J connectivity index is 1.37. The molecule has 1 saturated carbocycles. The zero-order chi connectivity index (χ0) is 20.2. The summed E-state index contributed by atoms with van der Waals surface area (Å²) < 4.78 is 7.51. The van der Waals surface area contributed by atoms with Crippen LogP contribution < -0.4 is 10.1 Å². The number of hydrogen-bond acceptors (Lipinski definition) is 5. The number of nitrogens with zero attached hydrogens (tertiary/aromatic N) is 4. The number of carbonyl (C=O) groups excluding carboxylic acids is 1. The summed E-state index contributed by atoms with van der Waals surface area (Å²) in [5.41, 5.74) is 2.70. The predicted octanol–water partition coefficient (Wildman–Crippen LogP) is 4.59. The zero-order valence-electron chi connectivity index (χ0n) is 16.8. The largest absolute Gasteiger partial charge is 0.438 e. The van der Waals surface area contributed by atoms with Gasteiger partial charge in [0.05, 0.1) is 5.69 Å². The molecule has 0 saturated heterocycles. The summed E-state index contributed by atoms with van der Waals surface area (Å²) in [5.74, 6) is 1.92. The minimum absolute atomic E-state index is 0.115. The maximum atomic E-state index is 12.4. The molecule has 0 atom stereocenters. The van der Waals surface area contributed by atoms with Crippen molar-refractivity contribution in [2.24, 2.45) is 5.92 Å². The summed E-state index contributed by atoms with van der Waals surface area (Å²) in [7, 11) is 0. The average molecular weight is 391 g/mol. The van der Waals surface area contributed by atoms with Gasteiger partial charge in [-0.1, -0.05) is 19.3 Å². The highest BCUT2D eigenvalue weighted by atomic mass is 16.5. The molecule has 1 aliphatic carbocycles. The van der Waals surface area contributed by atoms with Crippen LogP contribution in [0.25, 0.3) is 5.82 Å². The Bertz CT molecular complexity index is 973. The number of benzene rings is 1. The summed E-state index contributed by atoms with van der Waals surface area (Å²) >= 11 is 0. The standard InChI is InChI=1S/C22H25N5O2/c1-15-14-16(2)27(26-15)20-12-13-21(25-24-20)29-19-10-8-18(9-11-19)23-22(28)17-6-4-3-5-7-17/h8-14,17H,3-7H2,1-2H3,(H,23,28). The van der Waals surface area contributed by atoms with Gasteiger partial charge in [0.15, 0.2) is 5.82 Å². The third-order valence-electron chi connectivity index (χ3n) is 5.17. The van der Waals surface area contributed by atoms with E-state index in [4.69, 9.17) is 4.74 Å². The highest BCUT2D eigenvalue weighted by Gasteiger charge is 2.21. The maximum absolute atomic E-state index is 12.4. The van der Waals surface area contributed by atoms with Crippen LogP contribution in [0.2, 0.25) is 0 Å². The Kier molecular flexibility index (Phi) is 5.55. The van der Waals surface area contributed by atoms with Crippen LogP contribution in [0.15, 0.2) is 42.5 Å². The number of hydrogen-bond donors (Lipinski definition) is 1. The lowest BCUT2D eigenvalue weighted by Gasteiger charge is -2.20. The van der Waals surface area contributed by atoms with Crippen molar-refractivity contribution in [3.05, 3.63) is 53.9 Å². The Morgan fingerprint density at radius 2 is 1.79 bits per heavy atom.